The van der Waals surface area contributed by atoms with Crippen molar-refractivity contribution in [3.8, 4) is 22.5 Å². The van der Waals surface area contributed by atoms with E-state index in [1.165, 1.54) is 11.5 Å². The van der Waals surface area contributed by atoms with Crippen LogP contribution in [0.2, 0.25) is 0 Å². The molecule has 0 spiro atoms. The van der Waals surface area contributed by atoms with Crippen LogP contribution in [0.15, 0.2) is 88.9 Å². The van der Waals surface area contributed by atoms with Gasteiger partial charge in [0.1, 0.15) is 23.1 Å². The molecule has 0 saturated carbocycles. The fraction of sp³-hybridized carbons (Fsp3) is 0.226. The molecule has 0 bridgehead atoms. The van der Waals surface area contributed by atoms with Crippen LogP contribution in [0.3, 0.4) is 0 Å². The number of furan rings is 1. The summed E-state index contributed by atoms with van der Waals surface area (Å²) in [6.45, 7) is 3.12. The highest BCUT2D eigenvalue weighted by Crippen LogP contribution is 2.34. The highest BCUT2D eigenvalue weighted by atomic mass is 32.1. The maximum Gasteiger partial charge on any atom is 0.272 e. The molecular weight excluding hydrogens is 534 g/mol. The lowest BCUT2D eigenvalue weighted by molar-refractivity contribution is 0.0658. The molecule has 0 aliphatic carbocycles. The van der Waals surface area contributed by atoms with Crippen LogP contribution in [-0.4, -0.2) is 53.5 Å². The summed E-state index contributed by atoms with van der Waals surface area (Å²) < 4.78 is 10.4. The van der Waals surface area contributed by atoms with Gasteiger partial charge in [-0.05, 0) is 83.9 Å². The second-order valence-corrected chi connectivity index (χ2v) is 11.0. The Morgan fingerprint density at radius 2 is 1.85 bits per heavy atom. The average Bonchev–Trinajstić information content (AvgIpc) is 3.79. The zero-order chi connectivity index (χ0) is 27.8. The Bertz CT molecular complexity index is 1800. The van der Waals surface area contributed by atoms with E-state index in [1.807, 2.05) is 71.9 Å². The Hall–Kier alpha value is -4.70. The summed E-state index contributed by atoms with van der Waals surface area (Å²) in [5, 5.41) is 16.0. The third kappa shape index (κ3) is 5.02. The lowest BCUT2D eigenvalue weighted by Crippen LogP contribution is -2.41. The second kappa shape index (κ2) is 10.7. The van der Waals surface area contributed by atoms with E-state index < -0.39 is 0 Å². The molecule has 1 aliphatic heterocycles. The number of tetrazole rings is 1. The van der Waals surface area contributed by atoms with Crippen molar-refractivity contribution in [1.82, 2.24) is 34.5 Å². The first kappa shape index (κ1) is 25.3. The number of hydrogen-bond donors (Lipinski definition) is 0. The number of carbonyl (C=O) groups excluding carboxylic acids is 1. The van der Waals surface area contributed by atoms with Gasteiger partial charge in [-0.3, -0.25) is 9.78 Å². The van der Waals surface area contributed by atoms with Crippen molar-refractivity contribution >= 4 is 28.4 Å². The van der Waals surface area contributed by atoms with Crippen LogP contribution in [0, 0.1) is 12.8 Å². The third-order valence-electron chi connectivity index (χ3n) is 7.74. The summed E-state index contributed by atoms with van der Waals surface area (Å²) in [7, 11) is 0. The van der Waals surface area contributed by atoms with Crippen LogP contribution in [0.1, 0.15) is 40.8 Å². The summed E-state index contributed by atoms with van der Waals surface area (Å²) in [6, 6.07) is 22.1. The van der Waals surface area contributed by atoms with Crippen molar-refractivity contribution in [2.45, 2.75) is 25.8 Å². The van der Waals surface area contributed by atoms with Crippen molar-refractivity contribution in [3.63, 3.8) is 0 Å². The average molecular weight is 562 g/mol. The number of carbonyl (C=O) groups is 1. The molecule has 1 saturated heterocycles. The SMILES string of the molecule is Cc1nnn([C@H](c2ccccc2)C2CCN(C(=O)c3cc(-c4cc5cc(-c6cnsc6)ccc5o4)ccn3)CC2)n1. The Labute approximate surface area is 240 Å². The van der Waals surface area contributed by atoms with Gasteiger partial charge in [0, 0.05) is 47.4 Å². The van der Waals surface area contributed by atoms with Gasteiger partial charge in [-0.2, -0.15) is 4.80 Å². The van der Waals surface area contributed by atoms with Gasteiger partial charge in [-0.1, -0.05) is 36.4 Å². The first-order valence-electron chi connectivity index (χ1n) is 13.6. The van der Waals surface area contributed by atoms with Crippen molar-refractivity contribution in [1.29, 1.82) is 0 Å². The van der Waals surface area contributed by atoms with Gasteiger partial charge in [0.25, 0.3) is 5.91 Å². The highest BCUT2D eigenvalue weighted by molar-refractivity contribution is 7.03. The summed E-state index contributed by atoms with van der Waals surface area (Å²) in [5.41, 5.74) is 5.36. The van der Waals surface area contributed by atoms with Gasteiger partial charge in [0.15, 0.2) is 5.82 Å². The predicted molar refractivity (Wildman–Crippen MR) is 156 cm³/mol. The molecule has 0 unspecified atom stereocenters. The standard InChI is InChI=1S/C31H27N7O2S/c1-20-34-36-38(35-20)30(21-5-3-2-4-6-21)22-10-13-37(14-11-22)31(39)27-16-24(9-12-32-27)29-17-25-15-23(7-8-28(25)40-29)26-18-33-41-19-26/h2-9,12,15-19,22,30H,10-11,13-14H2,1H3/t30-/m1/s1. The minimum absolute atomic E-state index is 0.0271. The molecule has 2 aromatic carbocycles. The molecule has 1 aliphatic rings. The molecule has 9 nitrogen and oxygen atoms in total. The molecule has 10 heteroatoms. The second-order valence-electron chi connectivity index (χ2n) is 10.3. The quantitative estimate of drug-likeness (QED) is 0.244. The molecule has 0 N–H and O–H groups in total. The van der Waals surface area contributed by atoms with Gasteiger partial charge >= 0.3 is 0 Å². The van der Waals surface area contributed by atoms with E-state index in [4.69, 9.17) is 4.42 Å². The third-order valence-corrected chi connectivity index (χ3v) is 8.32. The van der Waals surface area contributed by atoms with Gasteiger partial charge in [0.05, 0.1) is 0 Å². The number of fused-ring (bicyclic) bond motifs is 1. The first-order chi connectivity index (χ1) is 20.1. The minimum atomic E-state index is -0.0698. The van der Waals surface area contributed by atoms with E-state index in [9.17, 15) is 4.79 Å². The van der Waals surface area contributed by atoms with E-state index in [0.717, 1.165) is 46.1 Å². The van der Waals surface area contributed by atoms with Crippen molar-refractivity contribution in [2.75, 3.05) is 13.1 Å². The van der Waals surface area contributed by atoms with Crippen LogP contribution in [-0.2, 0) is 0 Å². The predicted octanol–water partition coefficient (Wildman–Crippen LogP) is 6.06. The molecule has 0 radical (unpaired) electrons. The van der Waals surface area contributed by atoms with Crippen LogP contribution in [0.4, 0.5) is 0 Å². The molecule has 41 heavy (non-hydrogen) atoms. The van der Waals surface area contributed by atoms with Crippen molar-refractivity contribution < 1.29 is 9.21 Å². The minimum Gasteiger partial charge on any atom is -0.456 e. The number of benzene rings is 2. The largest absolute Gasteiger partial charge is 0.456 e. The number of nitrogens with zero attached hydrogens (tertiary/aromatic N) is 7. The number of amides is 1. The molecule has 6 aromatic rings. The number of likely N-dealkylation sites (tertiary alicyclic amines) is 1. The summed E-state index contributed by atoms with van der Waals surface area (Å²) in [4.78, 5) is 21.6. The van der Waals surface area contributed by atoms with Crippen molar-refractivity contribution in [2.24, 2.45) is 5.92 Å². The Morgan fingerprint density at radius 3 is 2.61 bits per heavy atom. The first-order valence-corrected chi connectivity index (χ1v) is 14.5. The molecule has 7 rings (SSSR count). The fourth-order valence-corrected chi connectivity index (χ4v) is 6.20. The van der Waals surface area contributed by atoms with Crippen LogP contribution in [0.5, 0.6) is 0 Å². The van der Waals surface area contributed by atoms with E-state index in [-0.39, 0.29) is 17.9 Å². The normalized spacial score (nSPS) is 14.9. The molecular formula is C31H27N7O2S. The monoisotopic (exact) mass is 561 g/mol. The summed E-state index contributed by atoms with van der Waals surface area (Å²) in [6.07, 6.45) is 5.20. The van der Waals surface area contributed by atoms with Crippen LogP contribution < -0.4 is 0 Å². The van der Waals surface area contributed by atoms with Gasteiger partial charge in [-0.15, -0.1) is 10.2 Å². The van der Waals surface area contributed by atoms with E-state index in [1.54, 1.807) is 11.0 Å². The number of piperidine rings is 1. The lowest BCUT2D eigenvalue weighted by atomic mass is 9.85. The molecule has 1 fully saturated rings. The number of aromatic nitrogens is 6. The zero-order valence-corrected chi connectivity index (χ0v) is 23.2. The lowest BCUT2D eigenvalue weighted by Gasteiger charge is -2.35. The number of hydrogen-bond acceptors (Lipinski definition) is 8. The smallest absolute Gasteiger partial charge is 0.272 e. The zero-order valence-electron chi connectivity index (χ0n) is 22.4. The van der Waals surface area contributed by atoms with E-state index in [2.05, 4.69) is 43.0 Å². The van der Waals surface area contributed by atoms with Gasteiger partial charge in [-0.25, -0.2) is 4.37 Å². The fourth-order valence-electron chi connectivity index (χ4n) is 5.65. The Kier molecular flexibility index (Phi) is 6.60. The van der Waals surface area contributed by atoms with Crippen LogP contribution in [0.25, 0.3) is 33.4 Å². The van der Waals surface area contributed by atoms with E-state index >= 15 is 0 Å². The van der Waals surface area contributed by atoms with Crippen LogP contribution >= 0.6 is 11.5 Å². The number of pyridine rings is 1. The van der Waals surface area contributed by atoms with Gasteiger partial charge in [0.2, 0.25) is 0 Å². The summed E-state index contributed by atoms with van der Waals surface area (Å²) in [5.74, 6) is 1.56. The van der Waals surface area contributed by atoms with E-state index in [0.29, 0.717) is 30.4 Å². The Morgan fingerprint density at radius 1 is 1.00 bits per heavy atom. The number of rotatable bonds is 6. The molecule has 1 amide bonds. The van der Waals surface area contributed by atoms with Crippen molar-refractivity contribution in [3.05, 3.63) is 102 Å². The van der Waals surface area contributed by atoms with Gasteiger partial charge < -0.3 is 9.32 Å². The molecule has 5 heterocycles. The summed E-state index contributed by atoms with van der Waals surface area (Å²) >= 11 is 1.43. The maximum atomic E-state index is 13.5. The molecule has 1 atom stereocenters. The maximum absolute atomic E-state index is 13.5. The molecule has 4 aromatic heterocycles. The molecule has 204 valence electrons. The topological polar surface area (TPSA) is 103 Å². The highest BCUT2D eigenvalue weighted by Gasteiger charge is 2.32. The Balaban J connectivity index is 1.08. The number of aryl methyl sites for hydroxylation is 1.